The van der Waals surface area contributed by atoms with Crippen LogP contribution in [-0.2, 0) is 19.1 Å². The van der Waals surface area contributed by atoms with Crippen molar-refractivity contribution in [2.45, 2.75) is 52.1 Å². The minimum Gasteiger partial charge on any atom is -0.465 e. The standard InChI is InChI=1S/C27H37N3O6/c1-27(2,3)36-26(34)29-16-13-19(14-17-29)11-12-23(31)30-15-7-8-20(18-30)24(32)28-22-10-6-5-9-21(22)25(33)35-4/h5-6,9-12,19-20H,7-8,13-18H2,1-4H3,(H,28,32)/t20-/m1/s1. The third-order valence-corrected chi connectivity index (χ3v) is 6.40. The van der Waals surface area contributed by atoms with Crippen molar-refractivity contribution in [3.05, 3.63) is 42.0 Å². The van der Waals surface area contributed by atoms with E-state index in [0.29, 0.717) is 38.3 Å². The first-order valence-electron chi connectivity index (χ1n) is 12.5. The van der Waals surface area contributed by atoms with Crippen molar-refractivity contribution < 1.29 is 28.7 Å². The van der Waals surface area contributed by atoms with E-state index in [9.17, 15) is 19.2 Å². The molecule has 1 aromatic rings. The van der Waals surface area contributed by atoms with Crippen LogP contribution in [0, 0.1) is 11.8 Å². The first-order chi connectivity index (χ1) is 17.1. The predicted molar refractivity (Wildman–Crippen MR) is 135 cm³/mol. The summed E-state index contributed by atoms with van der Waals surface area (Å²) in [4.78, 5) is 53.4. The number of hydrogen-bond acceptors (Lipinski definition) is 6. The number of rotatable bonds is 5. The highest BCUT2D eigenvalue weighted by Gasteiger charge is 2.29. The second-order valence-electron chi connectivity index (χ2n) is 10.3. The van der Waals surface area contributed by atoms with Gasteiger partial charge in [0.05, 0.1) is 24.3 Å². The van der Waals surface area contributed by atoms with Gasteiger partial charge in [0.2, 0.25) is 11.8 Å². The maximum Gasteiger partial charge on any atom is 0.410 e. The van der Waals surface area contributed by atoms with Crippen LogP contribution < -0.4 is 5.32 Å². The van der Waals surface area contributed by atoms with Crippen molar-refractivity contribution in [1.29, 1.82) is 0 Å². The normalized spacial score (nSPS) is 19.2. The van der Waals surface area contributed by atoms with Gasteiger partial charge >= 0.3 is 12.1 Å². The highest BCUT2D eigenvalue weighted by molar-refractivity contribution is 6.02. The zero-order valence-electron chi connectivity index (χ0n) is 21.6. The number of nitrogens with one attached hydrogen (secondary N) is 1. The Labute approximate surface area is 212 Å². The molecule has 0 aliphatic carbocycles. The lowest BCUT2D eigenvalue weighted by Gasteiger charge is -2.33. The summed E-state index contributed by atoms with van der Waals surface area (Å²) in [5, 5.41) is 2.83. The molecule has 0 saturated carbocycles. The van der Waals surface area contributed by atoms with E-state index >= 15 is 0 Å². The third kappa shape index (κ3) is 7.57. The molecule has 196 valence electrons. The Morgan fingerprint density at radius 1 is 1.00 bits per heavy atom. The summed E-state index contributed by atoms with van der Waals surface area (Å²) in [7, 11) is 1.30. The maximum absolute atomic E-state index is 12.9. The van der Waals surface area contributed by atoms with Crippen molar-refractivity contribution in [3.63, 3.8) is 0 Å². The van der Waals surface area contributed by atoms with Crippen molar-refractivity contribution in [2.24, 2.45) is 11.8 Å². The first-order valence-corrected chi connectivity index (χ1v) is 12.5. The molecule has 1 aromatic carbocycles. The number of hydrogen-bond donors (Lipinski definition) is 1. The molecule has 1 N–H and O–H groups in total. The number of ether oxygens (including phenoxy) is 2. The van der Waals surface area contributed by atoms with Gasteiger partial charge in [-0.3, -0.25) is 9.59 Å². The SMILES string of the molecule is COC(=O)c1ccccc1NC(=O)[C@@H]1CCCN(C(=O)C=CC2CCN(C(=O)OC(C)(C)C)CC2)C1. The lowest BCUT2D eigenvalue weighted by Crippen LogP contribution is -2.43. The van der Waals surface area contributed by atoms with Gasteiger partial charge in [-0.25, -0.2) is 9.59 Å². The summed E-state index contributed by atoms with van der Waals surface area (Å²) >= 11 is 0. The molecule has 1 atom stereocenters. The molecule has 3 amide bonds. The van der Waals surface area contributed by atoms with E-state index in [1.54, 1.807) is 40.1 Å². The molecule has 9 heteroatoms. The van der Waals surface area contributed by atoms with E-state index in [2.05, 4.69) is 5.32 Å². The van der Waals surface area contributed by atoms with Crippen LogP contribution >= 0.6 is 0 Å². The Balaban J connectivity index is 1.50. The number of carbonyl (C=O) groups excluding carboxylic acids is 4. The molecular weight excluding hydrogens is 462 g/mol. The lowest BCUT2D eigenvalue weighted by atomic mass is 9.95. The smallest absolute Gasteiger partial charge is 0.410 e. The molecule has 2 heterocycles. The van der Waals surface area contributed by atoms with Crippen molar-refractivity contribution in [2.75, 3.05) is 38.6 Å². The van der Waals surface area contributed by atoms with Crippen molar-refractivity contribution in [1.82, 2.24) is 9.80 Å². The van der Waals surface area contributed by atoms with Gasteiger partial charge in [-0.2, -0.15) is 0 Å². The molecule has 0 unspecified atom stereocenters. The maximum atomic E-state index is 12.9. The van der Waals surface area contributed by atoms with Gasteiger partial charge in [0.25, 0.3) is 0 Å². The number of esters is 1. The molecule has 0 aromatic heterocycles. The number of anilines is 1. The molecule has 36 heavy (non-hydrogen) atoms. The van der Waals surface area contributed by atoms with Crippen LogP contribution in [-0.4, -0.2) is 72.6 Å². The number of likely N-dealkylation sites (tertiary alicyclic amines) is 2. The van der Waals surface area contributed by atoms with Gasteiger partial charge in [-0.05, 0) is 70.6 Å². The van der Waals surface area contributed by atoms with E-state index in [4.69, 9.17) is 9.47 Å². The molecule has 9 nitrogen and oxygen atoms in total. The van der Waals surface area contributed by atoms with Gasteiger partial charge in [-0.15, -0.1) is 0 Å². The zero-order chi connectivity index (χ0) is 26.3. The van der Waals surface area contributed by atoms with Crippen molar-refractivity contribution >= 4 is 29.6 Å². The summed E-state index contributed by atoms with van der Waals surface area (Å²) in [5.41, 5.74) is 0.168. The summed E-state index contributed by atoms with van der Waals surface area (Å²) in [6.07, 6.45) is 6.16. The number of para-hydroxylation sites is 1. The quantitative estimate of drug-likeness (QED) is 0.487. The Morgan fingerprint density at radius 3 is 2.36 bits per heavy atom. The summed E-state index contributed by atoms with van der Waals surface area (Å²) in [6, 6.07) is 6.70. The van der Waals surface area contributed by atoms with Crippen LogP contribution in [0.25, 0.3) is 0 Å². The fraction of sp³-hybridized carbons (Fsp3) is 0.556. The second kappa shape index (κ2) is 12.1. The fourth-order valence-corrected chi connectivity index (χ4v) is 4.43. The average Bonchev–Trinajstić information content (AvgIpc) is 2.86. The van der Waals surface area contributed by atoms with Crippen LogP contribution in [0.5, 0.6) is 0 Å². The first kappa shape index (κ1) is 27.2. The number of carbonyl (C=O) groups is 4. The van der Waals surface area contributed by atoms with Crippen LogP contribution in [0.15, 0.2) is 36.4 Å². The molecule has 2 aliphatic heterocycles. The Morgan fingerprint density at radius 2 is 1.69 bits per heavy atom. The molecule has 0 bridgehead atoms. The van der Waals surface area contributed by atoms with Gasteiger partial charge in [0.1, 0.15) is 5.60 Å². The average molecular weight is 500 g/mol. The zero-order valence-corrected chi connectivity index (χ0v) is 21.6. The third-order valence-electron chi connectivity index (χ3n) is 6.40. The summed E-state index contributed by atoms with van der Waals surface area (Å²) < 4.78 is 10.2. The summed E-state index contributed by atoms with van der Waals surface area (Å²) in [6.45, 7) is 7.66. The number of methoxy groups -OCH3 is 1. The highest BCUT2D eigenvalue weighted by Crippen LogP contribution is 2.23. The van der Waals surface area contributed by atoms with E-state index in [-0.39, 0.29) is 35.3 Å². The van der Waals surface area contributed by atoms with Crippen molar-refractivity contribution in [3.8, 4) is 0 Å². The van der Waals surface area contributed by atoms with Crippen LogP contribution in [0.2, 0.25) is 0 Å². The van der Waals surface area contributed by atoms with Crippen LogP contribution in [0.3, 0.4) is 0 Å². The fourth-order valence-electron chi connectivity index (χ4n) is 4.43. The molecule has 2 fully saturated rings. The van der Waals surface area contributed by atoms with Gasteiger partial charge in [-0.1, -0.05) is 18.2 Å². The van der Waals surface area contributed by atoms with E-state index < -0.39 is 11.6 Å². The topological polar surface area (TPSA) is 105 Å². The second-order valence-corrected chi connectivity index (χ2v) is 10.3. The Kier molecular flexibility index (Phi) is 9.12. The largest absolute Gasteiger partial charge is 0.465 e. The van der Waals surface area contributed by atoms with E-state index in [1.165, 1.54) is 7.11 Å². The van der Waals surface area contributed by atoms with Gasteiger partial charge < -0.3 is 24.6 Å². The lowest BCUT2D eigenvalue weighted by molar-refractivity contribution is -0.130. The number of benzene rings is 1. The summed E-state index contributed by atoms with van der Waals surface area (Å²) in [5.74, 6) is -1.00. The van der Waals surface area contributed by atoms with E-state index in [0.717, 1.165) is 19.3 Å². The van der Waals surface area contributed by atoms with Crippen LogP contribution in [0.1, 0.15) is 56.8 Å². The van der Waals surface area contributed by atoms with Gasteiger partial charge in [0.15, 0.2) is 0 Å². The van der Waals surface area contributed by atoms with Crippen LogP contribution in [0.4, 0.5) is 10.5 Å². The molecule has 0 radical (unpaired) electrons. The molecular formula is C27H37N3O6. The molecule has 3 rings (SSSR count). The minimum atomic E-state index is -0.520. The Hall–Kier alpha value is -3.36. The number of nitrogens with zero attached hydrogens (tertiary/aromatic N) is 2. The number of piperidine rings is 2. The van der Waals surface area contributed by atoms with E-state index in [1.807, 2.05) is 26.8 Å². The van der Waals surface area contributed by atoms with Gasteiger partial charge in [0, 0.05) is 26.2 Å². The predicted octanol–water partition coefficient (Wildman–Crippen LogP) is 3.85. The highest BCUT2D eigenvalue weighted by atomic mass is 16.6. The number of allylic oxidation sites excluding steroid dienone is 1. The molecule has 2 saturated heterocycles. The number of amides is 3. The Bertz CT molecular complexity index is 991. The monoisotopic (exact) mass is 499 g/mol. The molecule has 0 spiro atoms. The molecule has 2 aliphatic rings. The minimum absolute atomic E-state index is 0.114.